The van der Waals surface area contributed by atoms with Crippen LogP contribution in [0.3, 0.4) is 0 Å². The van der Waals surface area contributed by atoms with Crippen LogP contribution in [-0.2, 0) is 10.2 Å². The van der Waals surface area contributed by atoms with Gasteiger partial charge in [0.05, 0.1) is 17.9 Å². The first-order valence-electron chi connectivity index (χ1n) is 12.4. The smallest absolute Gasteiger partial charge is 0.241 e. The largest absolute Gasteiger partial charge is 0.314 e. The van der Waals surface area contributed by atoms with Crippen molar-refractivity contribution in [2.75, 3.05) is 70.9 Å². The molecule has 1 amide bonds. The molecule has 0 aliphatic carbocycles. The highest BCUT2D eigenvalue weighted by Crippen LogP contribution is 2.39. The van der Waals surface area contributed by atoms with Crippen LogP contribution in [0.1, 0.15) is 56.6 Å². The van der Waals surface area contributed by atoms with Crippen molar-refractivity contribution in [3.8, 4) is 0 Å². The quantitative estimate of drug-likeness (QED) is 0.648. The molecule has 4 rings (SSSR count). The zero-order valence-electron chi connectivity index (χ0n) is 21.1. The van der Waals surface area contributed by atoms with E-state index < -0.39 is 0 Å². The van der Waals surface area contributed by atoms with E-state index in [1.54, 1.807) is 6.20 Å². The Balaban J connectivity index is 0.000000374. The van der Waals surface area contributed by atoms with Crippen molar-refractivity contribution in [1.82, 2.24) is 25.4 Å². The molecule has 1 atom stereocenters. The van der Waals surface area contributed by atoms with Gasteiger partial charge < -0.3 is 20.4 Å². The first-order valence-corrected chi connectivity index (χ1v) is 12.4. The average molecular weight is 459 g/mol. The van der Waals surface area contributed by atoms with Crippen molar-refractivity contribution >= 4 is 17.4 Å². The number of aromatic nitrogens is 1. The Kier molecular flexibility index (Phi) is 8.98. The number of piperazine rings is 2. The summed E-state index contributed by atoms with van der Waals surface area (Å²) in [7, 11) is 2.15. The molecule has 3 aliphatic heterocycles. The number of anilines is 1. The normalized spacial score (nSPS) is 22.9. The lowest BCUT2D eigenvalue weighted by Gasteiger charge is -2.32. The van der Waals surface area contributed by atoms with Crippen LogP contribution in [0.4, 0.5) is 5.69 Å². The number of carbonyl (C=O) groups is 2. The Morgan fingerprint density at radius 1 is 1.18 bits per heavy atom. The fourth-order valence-corrected chi connectivity index (χ4v) is 4.69. The molecule has 184 valence electrons. The van der Waals surface area contributed by atoms with Crippen LogP contribution in [-0.4, -0.2) is 98.5 Å². The third-order valence-electron chi connectivity index (χ3n) is 6.61. The van der Waals surface area contributed by atoms with E-state index in [0.717, 1.165) is 50.5 Å². The second-order valence-electron chi connectivity index (χ2n) is 10.3. The van der Waals surface area contributed by atoms with Crippen LogP contribution in [0, 0.1) is 0 Å². The molecule has 8 nitrogen and oxygen atoms in total. The lowest BCUT2D eigenvalue weighted by Crippen LogP contribution is -2.52. The summed E-state index contributed by atoms with van der Waals surface area (Å²) >= 11 is 0. The number of ketones is 1. The van der Waals surface area contributed by atoms with Crippen molar-refractivity contribution < 1.29 is 9.59 Å². The van der Waals surface area contributed by atoms with E-state index in [0.29, 0.717) is 31.1 Å². The monoisotopic (exact) mass is 458 g/mol. The summed E-state index contributed by atoms with van der Waals surface area (Å²) in [5.41, 5.74) is 2.13. The molecule has 0 bridgehead atoms. The SMILES string of the molecule is CCCC(=O)c1cnc2c(c1)N(C(=O)CN1CCNC(C)C1)CC2(C)C.CN1CCNCC1. The minimum Gasteiger partial charge on any atom is -0.314 e. The van der Waals surface area contributed by atoms with Crippen molar-refractivity contribution in [2.24, 2.45) is 0 Å². The Labute approximate surface area is 199 Å². The highest BCUT2D eigenvalue weighted by atomic mass is 16.2. The molecule has 2 fully saturated rings. The highest BCUT2D eigenvalue weighted by molar-refractivity contribution is 6.01. The maximum atomic E-state index is 13.0. The van der Waals surface area contributed by atoms with Gasteiger partial charge in [-0.15, -0.1) is 0 Å². The molecule has 0 saturated carbocycles. The second kappa shape index (κ2) is 11.5. The van der Waals surface area contributed by atoms with E-state index in [1.165, 1.54) is 13.1 Å². The van der Waals surface area contributed by atoms with E-state index in [-0.39, 0.29) is 17.1 Å². The topological polar surface area (TPSA) is 80.8 Å². The van der Waals surface area contributed by atoms with Gasteiger partial charge in [0.1, 0.15) is 0 Å². The van der Waals surface area contributed by atoms with Crippen molar-refractivity contribution in [2.45, 2.75) is 52.0 Å². The molecule has 1 aromatic rings. The van der Waals surface area contributed by atoms with Gasteiger partial charge in [0.25, 0.3) is 0 Å². The maximum absolute atomic E-state index is 13.0. The number of likely N-dealkylation sites (N-methyl/N-ethyl adjacent to an activating group) is 1. The number of hydrogen-bond donors (Lipinski definition) is 2. The molecule has 33 heavy (non-hydrogen) atoms. The van der Waals surface area contributed by atoms with Gasteiger partial charge in [-0.05, 0) is 26.5 Å². The Morgan fingerprint density at radius 2 is 1.91 bits per heavy atom. The number of fused-ring (bicyclic) bond motifs is 1. The third-order valence-corrected chi connectivity index (χ3v) is 6.61. The maximum Gasteiger partial charge on any atom is 0.241 e. The van der Waals surface area contributed by atoms with Gasteiger partial charge in [-0.1, -0.05) is 20.8 Å². The van der Waals surface area contributed by atoms with Crippen LogP contribution in [0.2, 0.25) is 0 Å². The van der Waals surface area contributed by atoms with Crippen LogP contribution in [0.25, 0.3) is 0 Å². The van der Waals surface area contributed by atoms with Crippen molar-refractivity contribution in [1.29, 1.82) is 0 Å². The molecule has 0 aromatic carbocycles. The number of hydrogen-bond acceptors (Lipinski definition) is 7. The third kappa shape index (κ3) is 6.82. The number of rotatable bonds is 5. The molecule has 1 unspecified atom stereocenters. The Morgan fingerprint density at radius 3 is 2.52 bits per heavy atom. The summed E-state index contributed by atoms with van der Waals surface area (Å²) in [5, 5.41) is 6.67. The number of pyridine rings is 1. The highest BCUT2D eigenvalue weighted by Gasteiger charge is 2.40. The zero-order valence-corrected chi connectivity index (χ0v) is 21.1. The summed E-state index contributed by atoms with van der Waals surface area (Å²) in [6, 6.07) is 2.27. The van der Waals surface area contributed by atoms with E-state index in [2.05, 4.69) is 53.2 Å². The number of nitrogens with one attached hydrogen (secondary N) is 2. The van der Waals surface area contributed by atoms with E-state index in [4.69, 9.17) is 0 Å². The van der Waals surface area contributed by atoms with E-state index in [9.17, 15) is 9.59 Å². The number of nitrogens with zero attached hydrogens (tertiary/aromatic N) is 4. The second-order valence-corrected chi connectivity index (χ2v) is 10.3. The molecule has 8 heteroatoms. The lowest BCUT2D eigenvalue weighted by molar-refractivity contribution is -0.120. The molecular weight excluding hydrogens is 416 g/mol. The molecule has 0 spiro atoms. The minimum absolute atomic E-state index is 0.0906. The summed E-state index contributed by atoms with van der Waals surface area (Å²) in [5.74, 6) is 0.184. The first-order chi connectivity index (χ1) is 15.7. The van der Waals surface area contributed by atoms with Crippen molar-refractivity contribution in [3.63, 3.8) is 0 Å². The molecule has 2 saturated heterocycles. The number of amides is 1. The van der Waals surface area contributed by atoms with E-state index in [1.807, 2.05) is 17.9 Å². The van der Waals surface area contributed by atoms with Crippen LogP contribution < -0.4 is 15.5 Å². The van der Waals surface area contributed by atoms with Gasteiger partial charge in [-0.25, -0.2) is 0 Å². The first kappa shape index (κ1) is 25.7. The molecule has 0 radical (unpaired) electrons. The minimum atomic E-state index is -0.200. The Hall–Kier alpha value is -1.87. The van der Waals surface area contributed by atoms with Crippen LogP contribution in [0.5, 0.6) is 0 Å². The zero-order chi connectivity index (χ0) is 24.0. The van der Waals surface area contributed by atoms with Gasteiger partial charge in [0.2, 0.25) is 5.91 Å². The predicted molar refractivity (Wildman–Crippen MR) is 133 cm³/mol. The van der Waals surface area contributed by atoms with Crippen molar-refractivity contribution in [3.05, 3.63) is 23.5 Å². The fourth-order valence-electron chi connectivity index (χ4n) is 4.69. The molecule has 1 aromatic heterocycles. The summed E-state index contributed by atoms with van der Waals surface area (Å²) in [6.07, 6.45) is 2.99. The van der Waals surface area contributed by atoms with Gasteiger partial charge in [0, 0.05) is 82.0 Å². The lowest BCUT2D eigenvalue weighted by atomic mass is 9.91. The van der Waals surface area contributed by atoms with E-state index >= 15 is 0 Å². The van der Waals surface area contributed by atoms with Gasteiger partial charge in [0.15, 0.2) is 5.78 Å². The average Bonchev–Trinajstić information content (AvgIpc) is 3.05. The molecular formula is C25H42N6O2. The fraction of sp³-hybridized carbons (Fsp3) is 0.720. The summed E-state index contributed by atoms with van der Waals surface area (Å²) < 4.78 is 0. The summed E-state index contributed by atoms with van der Waals surface area (Å²) in [4.78, 5) is 36.2. The van der Waals surface area contributed by atoms with Gasteiger partial charge >= 0.3 is 0 Å². The number of Topliss-reactive ketones (excluding diaryl/α,β-unsaturated/α-hetero) is 1. The Bertz CT molecular complexity index is 821. The number of carbonyl (C=O) groups excluding carboxylic acids is 2. The molecule has 3 aliphatic rings. The standard InChI is InChI=1S/C20H30N4O2.C5H12N2/c1-5-6-17(25)15-9-16-19(22-10-15)20(3,4)13-24(16)18(26)12-23-8-7-21-14(2)11-23;1-7-4-2-6-3-5-7/h9-10,14,21H,5-8,11-13H2,1-4H3;6H,2-5H2,1H3. The predicted octanol–water partition coefficient (Wildman–Crippen LogP) is 1.50. The molecule has 4 heterocycles. The van der Waals surface area contributed by atoms with Crippen LogP contribution >= 0.6 is 0 Å². The van der Waals surface area contributed by atoms with Gasteiger partial charge in [-0.2, -0.15) is 0 Å². The van der Waals surface area contributed by atoms with Gasteiger partial charge in [-0.3, -0.25) is 19.5 Å². The van der Waals surface area contributed by atoms with Crippen LogP contribution in [0.15, 0.2) is 12.3 Å². The molecule has 2 N–H and O–H groups in total. The summed E-state index contributed by atoms with van der Waals surface area (Å²) in [6.45, 7) is 16.8.